The molecule has 0 aromatic carbocycles. The Morgan fingerprint density at radius 3 is 2.60 bits per heavy atom. The highest BCUT2D eigenvalue weighted by Gasteiger charge is 2.16. The second kappa shape index (κ2) is 3.35. The highest BCUT2D eigenvalue weighted by atomic mass is 15.4. The summed E-state index contributed by atoms with van der Waals surface area (Å²) in [6.07, 6.45) is 3.52. The summed E-state index contributed by atoms with van der Waals surface area (Å²) in [7, 11) is 3.55. The molecular weight excluding hydrogens is 194 g/mol. The van der Waals surface area contributed by atoms with Crippen molar-refractivity contribution in [3.8, 4) is 0 Å². The molecule has 7 heteroatoms. The van der Waals surface area contributed by atoms with Crippen LogP contribution in [0.2, 0.25) is 0 Å². The SMILES string of the molecule is Cn1cc(C(N)c2nc(N)n(C)n2)cn1. The summed E-state index contributed by atoms with van der Waals surface area (Å²) < 4.78 is 3.17. The van der Waals surface area contributed by atoms with Gasteiger partial charge in [-0.05, 0) is 0 Å². The first-order valence-corrected chi connectivity index (χ1v) is 4.48. The molecule has 0 bridgehead atoms. The molecule has 2 rings (SSSR count). The first-order chi connectivity index (χ1) is 7.08. The van der Waals surface area contributed by atoms with Crippen molar-refractivity contribution in [2.75, 3.05) is 5.73 Å². The van der Waals surface area contributed by atoms with Crippen LogP contribution in [-0.2, 0) is 14.1 Å². The minimum Gasteiger partial charge on any atom is -0.368 e. The summed E-state index contributed by atoms with van der Waals surface area (Å²) in [5, 5.41) is 8.15. The van der Waals surface area contributed by atoms with E-state index in [4.69, 9.17) is 11.5 Å². The van der Waals surface area contributed by atoms with Gasteiger partial charge in [0.1, 0.15) is 0 Å². The molecule has 0 aliphatic rings. The van der Waals surface area contributed by atoms with Gasteiger partial charge >= 0.3 is 0 Å². The number of nitrogens with zero attached hydrogens (tertiary/aromatic N) is 5. The molecule has 1 atom stereocenters. The summed E-state index contributed by atoms with van der Waals surface area (Å²) >= 11 is 0. The van der Waals surface area contributed by atoms with Gasteiger partial charge in [0.2, 0.25) is 5.95 Å². The molecule has 0 saturated carbocycles. The van der Waals surface area contributed by atoms with E-state index >= 15 is 0 Å². The zero-order valence-electron chi connectivity index (χ0n) is 8.62. The van der Waals surface area contributed by atoms with Crippen LogP contribution >= 0.6 is 0 Å². The van der Waals surface area contributed by atoms with Crippen LogP contribution in [0, 0.1) is 0 Å². The molecule has 0 aliphatic carbocycles. The maximum atomic E-state index is 5.96. The summed E-state index contributed by atoms with van der Waals surface area (Å²) in [5.41, 5.74) is 12.4. The smallest absolute Gasteiger partial charge is 0.218 e. The number of hydrogen-bond acceptors (Lipinski definition) is 5. The first kappa shape index (κ1) is 9.66. The van der Waals surface area contributed by atoms with Gasteiger partial charge in [0.05, 0.1) is 12.2 Å². The first-order valence-electron chi connectivity index (χ1n) is 4.48. The predicted octanol–water partition coefficient (Wildman–Crippen LogP) is -0.821. The lowest BCUT2D eigenvalue weighted by Crippen LogP contribution is -2.13. The highest BCUT2D eigenvalue weighted by molar-refractivity contribution is 5.23. The molecule has 7 nitrogen and oxygen atoms in total. The molecule has 0 amide bonds. The van der Waals surface area contributed by atoms with Crippen LogP contribution in [0.15, 0.2) is 12.4 Å². The zero-order chi connectivity index (χ0) is 11.0. The molecule has 2 aromatic rings. The van der Waals surface area contributed by atoms with E-state index in [1.54, 1.807) is 17.9 Å². The van der Waals surface area contributed by atoms with E-state index in [0.29, 0.717) is 11.8 Å². The molecule has 0 spiro atoms. The number of hydrogen-bond donors (Lipinski definition) is 2. The van der Waals surface area contributed by atoms with Crippen molar-refractivity contribution in [2.45, 2.75) is 6.04 Å². The Balaban J connectivity index is 2.31. The predicted molar refractivity (Wildman–Crippen MR) is 54.7 cm³/mol. The Bertz CT molecular complexity index is 450. The van der Waals surface area contributed by atoms with Crippen molar-refractivity contribution in [3.05, 3.63) is 23.8 Å². The van der Waals surface area contributed by atoms with E-state index in [9.17, 15) is 0 Å². The number of aromatic nitrogens is 5. The van der Waals surface area contributed by atoms with E-state index in [1.807, 2.05) is 13.2 Å². The molecule has 0 aliphatic heterocycles. The molecule has 0 radical (unpaired) electrons. The lowest BCUT2D eigenvalue weighted by Gasteiger charge is -2.02. The van der Waals surface area contributed by atoms with Crippen molar-refractivity contribution in [2.24, 2.45) is 19.8 Å². The number of rotatable bonds is 2. The monoisotopic (exact) mass is 207 g/mol. The van der Waals surface area contributed by atoms with Gasteiger partial charge in [-0.1, -0.05) is 0 Å². The molecular formula is C8H13N7. The second-order valence-electron chi connectivity index (χ2n) is 3.38. The van der Waals surface area contributed by atoms with Crippen LogP contribution < -0.4 is 11.5 Å². The summed E-state index contributed by atoms with van der Waals surface area (Å²) in [6, 6.07) is -0.387. The lowest BCUT2D eigenvalue weighted by molar-refractivity contribution is 0.715. The van der Waals surface area contributed by atoms with Gasteiger partial charge in [-0.3, -0.25) is 4.68 Å². The molecule has 80 valence electrons. The van der Waals surface area contributed by atoms with Crippen LogP contribution in [0.4, 0.5) is 5.95 Å². The Morgan fingerprint density at radius 2 is 2.13 bits per heavy atom. The van der Waals surface area contributed by atoms with Gasteiger partial charge in [-0.25, -0.2) is 4.68 Å². The highest BCUT2D eigenvalue weighted by Crippen LogP contribution is 2.15. The quantitative estimate of drug-likeness (QED) is 0.670. The third-order valence-corrected chi connectivity index (χ3v) is 2.18. The fraction of sp³-hybridized carbons (Fsp3) is 0.375. The standard InChI is InChI=1S/C8H13N7/c1-14-4-5(3-11-14)6(9)7-12-8(10)15(2)13-7/h3-4,6H,9H2,1-2H3,(H2,10,12,13). The van der Waals surface area contributed by atoms with Crippen molar-refractivity contribution < 1.29 is 0 Å². The van der Waals surface area contributed by atoms with Gasteiger partial charge in [-0.15, -0.1) is 0 Å². The van der Waals surface area contributed by atoms with Crippen LogP contribution in [-0.4, -0.2) is 24.5 Å². The molecule has 2 heterocycles. The summed E-state index contributed by atoms with van der Waals surface area (Å²) in [4.78, 5) is 4.06. The summed E-state index contributed by atoms with van der Waals surface area (Å²) in [6.45, 7) is 0. The number of nitrogens with two attached hydrogens (primary N) is 2. The molecule has 15 heavy (non-hydrogen) atoms. The van der Waals surface area contributed by atoms with Crippen LogP contribution in [0.3, 0.4) is 0 Å². The molecule has 0 saturated heterocycles. The van der Waals surface area contributed by atoms with Crippen molar-refractivity contribution in [3.63, 3.8) is 0 Å². The second-order valence-corrected chi connectivity index (χ2v) is 3.38. The maximum absolute atomic E-state index is 5.96. The van der Waals surface area contributed by atoms with Gasteiger partial charge in [0.25, 0.3) is 0 Å². The van der Waals surface area contributed by atoms with E-state index in [1.165, 1.54) is 4.68 Å². The van der Waals surface area contributed by atoms with E-state index in [-0.39, 0.29) is 6.04 Å². The Morgan fingerprint density at radius 1 is 1.40 bits per heavy atom. The average Bonchev–Trinajstić information content (AvgIpc) is 2.74. The van der Waals surface area contributed by atoms with Crippen molar-refractivity contribution in [1.82, 2.24) is 24.5 Å². The maximum Gasteiger partial charge on any atom is 0.218 e. The van der Waals surface area contributed by atoms with Gasteiger partial charge in [0, 0.05) is 25.9 Å². The fourth-order valence-corrected chi connectivity index (χ4v) is 1.30. The lowest BCUT2D eigenvalue weighted by atomic mass is 10.2. The van der Waals surface area contributed by atoms with Crippen LogP contribution in [0.25, 0.3) is 0 Å². The largest absolute Gasteiger partial charge is 0.368 e. The third-order valence-electron chi connectivity index (χ3n) is 2.18. The number of aryl methyl sites for hydroxylation is 2. The molecule has 0 fully saturated rings. The third kappa shape index (κ3) is 1.68. The Kier molecular flexibility index (Phi) is 2.16. The Labute approximate surface area is 86.7 Å². The molecule has 4 N–H and O–H groups in total. The number of anilines is 1. The minimum atomic E-state index is -0.387. The minimum absolute atomic E-state index is 0.351. The van der Waals surface area contributed by atoms with Gasteiger partial charge in [-0.2, -0.15) is 15.2 Å². The number of nitrogen functional groups attached to an aromatic ring is 1. The molecule has 1 unspecified atom stereocenters. The van der Waals surface area contributed by atoms with Crippen LogP contribution in [0.5, 0.6) is 0 Å². The summed E-state index contributed by atoms with van der Waals surface area (Å²) in [5.74, 6) is 0.854. The molecule has 2 aromatic heterocycles. The van der Waals surface area contributed by atoms with Crippen LogP contribution in [0.1, 0.15) is 17.4 Å². The topological polar surface area (TPSA) is 101 Å². The van der Waals surface area contributed by atoms with E-state index in [0.717, 1.165) is 5.56 Å². The Hall–Kier alpha value is -1.89. The average molecular weight is 207 g/mol. The fourth-order valence-electron chi connectivity index (χ4n) is 1.30. The van der Waals surface area contributed by atoms with Crippen molar-refractivity contribution >= 4 is 5.95 Å². The van der Waals surface area contributed by atoms with Gasteiger partial charge < -0.3 is 11.5 Å². The normalized spacial score (nSPS) is 13.0. The van der Waals surface area contributed by atoms with Gasteiger partial charge in [0.15, 0.2) is 5.82 Å². The van der Waals surface area contributed by atoms with E-state index < -0.39 is 0 Å². The van der Waals surface area contributed by atoms with E-state index in [2.05, 4.69) is 15.2 Å². The van der Waals surface area contributed by atoms with Crippen molar-refractivity contribution in [1.29, 1.82) is 0 Å². The zero-order valence-corrected chi connectivity index (χ0v) is 8.62.